The van der Waals surface area contributed by atoms with Gasteiger partial charge in [0.05, 0.1) is 29.0 Å². The lowest BCUT2D eigenvalue weighted by molar-refractivity contribution is -0.136. The van der Waals surface area contributed by atoms with Gasteiger partial charge in [-0.05, 0) is 32.9 Å². The van der Waals surface area contributed by atoms with E-state index in [4.69, 9.17) is 13.9 Å². The molecule has 9 heteroatoms. The van der Waals surface area contributed by atoms with Gasteiger partial charge in [0.15, 0.2) is 10.7 Å². The number of allylic oxidation sites excluding steroid dienone is 1. The van der Waals surface area contributed by atoms with Crippen LogP contribution >= 0.6 is 11.3 Å². The molecular weight excluding hydrogens is 454 g/mol. The van der Waals surface area contributed by atoms with Gasteiger partial charge in [-0.3, -0.25) is 9.36 Å². The zero-order valence-electron chi connectivity index (χ0n) is 20.0. The molecule has 0 saturated heterocycles. The molecule has 2 aromatic heterocycles. The Balaban J connectivity index is 1.96. The van der Waals surface area contributed by atoms with Gasteiger partial charge in [-0.1, -0.05) is 29.5 Å². The van der Waals surface area contributed by atoms with Gasteiger partial charge in [0, 0.05) is 31.8 Å². The largest absolute Gasteiger partial charge is 0.491 e. The Hall–Kier alpha value is -3.59. The number of hydrogen-bond acceptors (Lipinski definition) is 8. The number of methoxy groups -OCH3 is 1. The lowest BCUT2D eigenvalue weighted by Crippen LogP contribution is -2.40. The van der Waals surface area contributed by atoms with Crippen molar-refractivity contribution in [3.63, 3.8) is 0 Å². The summed E-state index contributed by atoms with van der Waals surface area (Å²) in [5, 5.41) is 0. The molecule has 1 aliphatic rings. The van der Waals surface area contributed by atoms with Crippen LogP contribution in [0.15, 0.2) is 61.9 Å². The Bertz CT molecular complexity index is 1440. The fourth-order valence-electron chi connectivity index (χ4n) is 3.84. The van der Waals surface area contributed by atoms with Crippen molar-refractivity contribution in [3.05, 3.63) is 78.7 Å². The third-order valence-corrected chi connectivity index (χ3v) is 6.31. The van der Waals surface area contributed by atoms with Crippen LogP contribution in [0.2, 0.25) is 0 Å². The number of furan rings is 1. The highest BCUT2D eigenvalue weighted by molar-refractivity contribution is 7.07. The molecule has 0 bridgehead atoms. The van der Waals surface area contributed by atoms with Crippen molar-refractivity contribution in [1.29, 1.82) is 0 Å². The summed E-state index contributed by atoms with van der Waals surface area (Å²) in [5.41, 5.74) is 1.21. The van der Waals surface area contributed by atoms with E-state index in [9.17, 15) is 9.59 Å². The van der Waals surface area contributed by atoms with Gasteiger partial charge in [-0.2, -0.15) is 0 Å². The second-order valence-electron chi connectivity index (χ2n) is 8.35. The predicted octanol–water partition coefficient (Wildman–Crippen LogP) is 2.85. The minimum Gasteiger partial charge on any atom is -0.491 e. The number of benzene rings is 1. The molecule has 178 valence electrons. The van der Waals surface area contributed by atoms with Crippen molar-refractivity contribution in [1.82, 2.24) is 4.57 Å². The number of carbonyl (C=O) groups is 1. The number of rotatable bonds is 6. The summed E-state index contributed by atoms with van der Waals surface area (Å²) in [6, 6.07) is 10.3. The highest BCUT2D eigenvalue weighted by atomic mass is 32.1. The van der Waals surface area contributed by atoms with E-state index < -0.39 is 12.0 Å². The van der Waals surface area contributed by atoms with Crippen LogP contribution in [0.25, 0.3) is 6.08 Å². The average molecular weight is 482 g/mol. The number of esters is 1. The number of anilines is 1. The Labute approximate surface area is 201 Å². The lowest BCUT2D eigenvalue weighted by Gasteiger charge is -2.26. The monoisotopic (exact) mass is 481 g/mol. The van der Waals surface area contributed by atoms with Crippen LogP contribution in [-0.2, 0) is 9.53 Å². The number of hydrogen-bond donors (Lipinski definition) is 0. The topological polar surface area (TPSA) is 86.3 Å². The molecular formula is C25H27N3O5S. The fourth-order valence-corrected chi connectivity index (χ4v) is 4.87. The summed E-state index contributed by atoms with van der Waals surface area (Å²) in [5.74, 6) is 1.29. The zero-order chi connectivity index (χ0) is 24.6. The van der Waals surface area contributed by atoms with E-state index >= 15 is 0 Å². The standard InChI is InChI=1S/C25H27N3O5S/c1-14(2)32-18-10-8-7-9-17(18)22-21(24(30)31-6)15(3)26-25-28(22)23(29)19(34-25)13-16-11-12-20(33-16)27(4)5/h7-14,22H,1-6H3/b19-13-/t22-/m0/s1. The first-order chi connectivity index (χ1) is 16.2. The first-order valence-electron chi connectivity index (χ1n) is 10.8. The van der Waals surface area contributed by atoms with Crippen molar-refractivity contribution >= 4 is 29.3 Å². The van der Waals surface area contributed by atoms with Crippen molar-refractivity contribution < 1.29 is 18.7 Å². The number of aromatic nitrogens is 1. The van der Waals surface area contributed by atoms with Gasteiger partial charge in [0.2, 0.25) is 0 Å². The van der Waals surface area contributed by atoms with E-state index in [2.05, 4.69) is 4.99 Å². The average Bonchev–Trinajstić information content (AvgIpc) is 3.37. The highest BCUT2D eigenvalue weighted by Gasteiger charge is 2.35. The maximum absolute atomic E-state index is 13.7. The number of ether oxygens (including phenoxy) is 2. The molecule has 1 aliphatic heterocycles. The predicted molar refractivity (Wildman–Crippen MR) is 131 cm³/mol. The van der Waals surface area contributed by atoms with Gasteiger partial charge in [0.1, 0.15) is 17.6 Å². The van der Waals surface area contributed by atoms with Gasteiger partial charge < -0.3 is 18.8 Å². The fraction of sp³-hybridized carbons (Fsp3) is 0.320. The summed E-state index contributed by atoms with van der Waals surface area (Å²) < 4.78 is 18.9. The number of fused-ring (bicyclic) bond motifs is 1. The molecule has 3 heterocycles. The van der Waals surface area contributed by atoms with Crippen LogP contribution in [0.4, 0.5) is 5.88 Å². The van der Waals surface area contributed by atoms with Crippen molar-refractivity contribution in [2.45, 2.75) is 32.9 Å². The molecule has 0 radical (unpaired) electrons. The number of thiazole rings is 1. The third-order valence-electron chi connectivity index (χ3n) is 5.33. The third kappa shape index (κ3) is 4.31. The quantitative estimate of drug-likeness (QED) is 0.504. The molecule has 3 aromatic rings. The summed E-state index contributed by atoms with van der Waals surface area (Å²) in [6.45, 7) is 5.60. The Morgan fingerprint density at radius 1 is 1.24 bits per heavy atom. The van der Waals surface area contributed by atoms with Crippen LogP contribution in [0, 0.1) is 0 Å². The smallest absolute Gasteiger partial charge is 0.338 e. The van der Waals surface area contributed by atoms with Gasteiger partial charge in [-0.25, -0.2) is 9.79 Å². The Morgan fingerprint density at radius 3 is 2.62 bits per heavy atom. The maximum atomic E-state index is 13.7. The minimum absolute atomic E-state index is 0.0894. The summed E-state index contributed by atoms with van der Waals surface area (Å²) in [7, 11) is 5.08. The van der Waals surface area contributed by atoms with Gasteiger partial charge in [-0.15, -0.1) is 0 Å². The molecule has 0 spiro atoms. The van der Waals surface area contributed by atoms with E-state index in [1.807, 2.05) is 69.2 Å². The summed E-state index contributed by atoms with van der Waals surface area (Å²) in [6.07, 6.45) is 1.61. The zero-order valence-corrected chi connectivity index (χ0v) is 20.8. The second-order valence-corrected chi connectivity index (χ2v) is 9.36. The van der Waals surface area contributed by atoms with Crippen LogP contribution < -0.4 is 24.5 Å². The highest BCUT2D eigenvalue weighted by Crippen LogP contribution is 2.36. The molecule has 0 aliphatic carbocycles. The SMILES string of the molecule is COC(=O)C1=C(C)N=c2s/c(=C\c3ccc(N(C)C)o3)c(=O)n2[C@H]1c1ccccc1OC(C)C. The van der Waals surface area contributed by atoms with E-state index in [1.165, 1.54) is 23.0 Å². The van der Waals surface area contributed by atoms with E-state index in [1.54, 1.807) is 13.0 Å². The molecule has 0 unspecified atom stereocenters. The summed E-state index contributed by atoms with van der Waals surface area (Å²) >= 11 is 1.25. The molecule has 1 atom stereocenters. The Morgan fingerprint density at radius 2 is 1.97 bits per heavy atom. The minimum atomic E-state index is -0.741. The molecule has 0 N–H and O–H groups in total. The summed E-state index contributed by atoms with van der Waals surface area (Å²) in [4.78, 5) is 33.4. The first-order valence-corrected chi connectivity index (χ1v) is 11.7. The van der Waals surface area contributed by atoms with E-state index in [0.29, 0.717) is 43.6 Å². The molecule has 0 fully saturated rings. The maximum Gasteiger partial charge on any atom is 0.338 e. The van der Waals surface area contributed by atoms with Crippen molar-refractivity contribution in [3.8, 4) is 5.75 Å². The molecule has 34 heavy (non-hydrogen) atoms. The van der Waals surface area contributed by atoms with Crippen LogP contribution in [0.5, 0.6) is 5.75 Å². The first kappa shape index (κ1) is 23.6. The van der Waals surface area contributed by atoms with E-state index in [-0.39, 0.29) is 11.7 Å². The van der Waals surface area contributed by atoms with Gasteiger partial charge in [0.25, 0.3) is 5.56 Å². The number of carbonyl (C=O) groups excluding carboxylic acids is 1. The second kappa shape index (κ2) is 9.34. The number of nitrogens with zero attached hydrogens (tertiary/aromatic N) is 3. The molecule has 1 aromatic carbocycles. The van der Waals surface area contributed by atoms with Gasteiger partial charge >= 0.3 is 5.97 Å². The van der Waals surface area contributed by atoms with Crippen molar-refractivity contribution in [2.24, 2.45) is 4.99 Å². The number of para-hydroxylation sites is 1. The molecule has 8 nitrogen and oxygen atoms in total. The lowest BCUT2D eigenvalue weighted by atomic mass is 9.95. The molecule has 0 saturated carbocycles. The normalized spacial score (nSPS) is 15.9. The molecule has 0 amide bonds. The van der Waals surface area contributed by atoms with Crippen LogP contribution in [0.1, 0.15) is 38.1 Å². The Kier molecular flexibility index (Phi) is 6.47. The molecule has 4 rings (SSSR count). The van der Waals surface area contributed by atoms with Crippen molar-refractivity contribution in [2.75, 3.05) is 26.1 Å². The van der Waals surface area contributed by atoms with Crippen LogP contribution in [0.3, 0.4) is 0 Å². The van der Waals surface area contributed by atoms with E-state index in [0.717, 1.165) is 0 Å². The van der Waals surface area contributed by atoms with Crippen LogP contribution in [-0.4, -0.2) is 37.8 Å².